The first kappa shape index (κ1) is 25.3. The number of allylic oxidation sites excluding steroid dienone is 1. The zero-order valence-electron chi connectivity index (χ0n) is 22.5. The number of nitrogens with zero attached hydrogens (tertiary/aromatic N) is 7. The topological polar surface area (TPSA) is 104 Å². The summed E-state index contributed by atoms with van der Waals surface area (Å²) in [5, 5.41) is 14.8. The minimum absolute atomic E-state index is 0.221. The molecule has 0 radical (unpaired) electrons. The fraction of sp³-hybridized carbons (Fsp3) is 0.379. The summed E-state index contributed by atoms with van der Waals surface area (Å²) in [5.74, 6) is 0.906. The molecule has 2 N–H and O–H groups in total. The number of aromatic nitrogens is 5. The number of aryl methyl sites for hydroxylation is 1. The summed E-state index contributed by atoms with van der Waals surface area (Å²) in [6.45, 7) is 10.2. The van der Waals surface area contributed by atoms with Crippen LogP contribution >= 0.6 is 0 Å². The van der Waals surface area contributed by atoms with Crippen molar-refractivity contribution in [2.24, 2.45) is 0 Å². The van der Waals surface area contributed by atoms with Gasteiger partial charge >= 0.3 is 0 Å². The Bertz CT molecular complexity index is 1580. The average Bonchev–Trinajstić information content (AvgIpc) is 3.43. The standard InChI is InChI=1S/C29H34N8O2/c1-4-14-36-27(38)23-19-30-28(31-21-7-9-22(10-8-21)35-17-15-34(3)16-18-35)33-26(23)37(36)24-11-6-20-12-13-29(39,5-2)25(20)32-24/h4,6-11,19,39H,1,5,12-18H2,2-3H3,(H,30,31,33). The number of hydrogen-bond donors (Lipinski definition) is 2. The predicted molar refractivity (Wildman–Crippen MR) is 153 cm³/mol. The molecular formula is C29H34N8O2. The van der Waals surface area contributed by atoms with Crippen molar-refractivity contribution in [3.05, 3.63) is 76.9 Å². The van der Waals surface area contributed by atoms with E-state index in [1.165, 1.54) is 5.69 Å². The Hall–Kier alpha value is -4.02. The first-order chi connectivity index (χ1) is 18.9. The van der Waals surface area contributed by atoms with Gasteiger partial charge in [-0.3, -0.25) is 4.79 Å². The van der Waals surface area contributed by atoms with E-state index in [2.05, 4.69) is 45.9 Å². The number of pyridine rings is 1. The molecule has 1 atom stereocenters. The van der Waals surface area contributed by atoms with Crippen molar-refractivity contribution in [1.29, 1.82) is 0 Å². The van der Waals surface area contributed by atoms with Crippen LogP contribution in [0.15, 0.2) is 60.0 Å². The second-order valence-electron chi connectivity index (χ2n) is 10.4. The Kier molecular flexibility index (Phi) is 6.44. The fourth-order valence-electron chi connectivity index (χ4n) is 5.56. The van der Waals surface area contributed by atoms with Gasteiger partial charge in [0.2, 0.25) is 5.95 Å². The number of anilines is 3. The maximum atomic E-state index is 13.3. The van der Waals surface area contributed by atoms with E-state index in [1.54, 1.807) is 21.6 Å². The van der Waals surface area contributed by atoms with Gasteiger partial charge in [-0.25, -0.2) is 19.3 Å². The molecule has 1 saturated heterocycles. The maximum absolute atomic E-state index is 13.3. The van der Waals surface area contributed by atoms with Gasteiger partial charge in [0.05, 0.1) is 12.2 Å². The molecule has 1 aliphatic carbocycles. The smallest absolute Gasteiger partial charge is 0.278 e. The molecule has 0 bridgehead atoms. The molecule has 10 heteroatoms. The van der Waals surface area contributed by atoms with E-state index in [1.807, 2.05) is 31.2 Å². The summed E-state index contributed by atoms with van der Waals surface area (Å²) in [5.41, 5.74) is 3.02. The molecule has 3 aromatic heterocycles. The van der Waals surface area contributed by atoms with Crippen molar-refractivity contribution in [2.75, 3.05) is 43.4 Å². The van der Waals surface area contributed by atoms with Gasteiger partial charge in [0.1, 0.15) is 11.0 Å². The van der Waals surface area contributed by atoms with Crippen molar-refractivity contribution in [3.8, 4) is 5.82 Å². The zero-order valence-corrected chi connectivity index (χ0v) is 22.5. The van der Waals surface area contributed by atoms with Crippen molar-refractivity contribution >= 4 is 28.4 Å². The molecular weight excluding hydrogens is 492 g/mol. The van der Waals surface area contributed by atoms with E-state index in [4.69, 9.17) is 9.97 Å². The van der Waals surface area contributed by atoms with Crippen LogP contribution in [0.25, 0.3) is 16.9 Å². The molecule has 202 valence electrons. The molecule has 0 spiro atoms. The highest BCUT2D eigenvalue weighted by molar-refractivity contribution is 5.77. The lowest BCUT2D eigenvalue weighted by atomic mass is 9.98. The lowest BCUT2D eigenvalue weighted by molar-refractivity contribution is 0.0306. The normalized spacial score (nSPS) is 19.4. The summed E-state index contributed by atoms with van der Waals surface area (Å²) in [6.07, 6.45) is 5.22. The second-order valence-corrected chi connectivity index (χ2v) is 10.4. The number of aliphatic hydroxyl groups is 1. The number of piperazine rings is 1. The predicted octanol–water partition coefficient (Wildman–Crippen LogP) is 3.20. The van der Waals surface area contributed by atoms with Gasteiger partial charge in [0.25, 0.3) is 5.56 Å². The van der Waals surface area contributed by atoms with Gasteiger partial charge in [-0.05, 0) is 62.2 Å². The third-order valence-electron chi connectivity index (χ3n) is 7.98. The second kappa shape index (κ2) is 9.94. The molecule has 1 unspecified atom stereocenters. The third-order valence-corrected chi connectivity index (χ3v) is 7.98. The molecule has 2 aliphatic rings. The summed E-state index contributed by atoms with van der Waals surface area (Å²) in [4.78, 5) is 32.1. The van der Waals surface area contributed by atoms with E-state index in [-0.39, 0.29) is 12.1 Å². The Morgan fingerprint density at radius 2 is 1.87 bits per heavy atom. The highest BCUT2D eigenvalue weighted by Crippen LogP contribution is 2.38. The van der Waals surface area contributed by atoms with Crippen LogP contribution in [0.4, 0.5) is 17.3 Å². The van der Waals surface area contributed by atoms with Gasteiger partial charge < -0.3 is 20.2 Å². The minimum atomic E-state index is -0.962. The van der Waals surface area contributed by atoms with E-state index in [9.17, 15) is 9.90 Å². The van der Waals surface area contributed by atoms with Gasteiger partial charge in [-0.15, -0.1) is 6.58 Å². The van der Waals surface area contributed by atoms with E-state index in [0.29, 0.717) is 41.3 Å². The molecule has 4 heterocycles. The zero-order chi connectivity index (χ0) is 27.1. The molecule has 1 aromatic carbocycles. The third kappa shape index (κ3) is 4.49. The number of benzene rings is 1. The molecule has 6 rings (SSSR count). The van der Waals surface area contributed by atoms with Gasteiger partial charge in [0, 0.05) is 43.8 Å². The lowest BCUT2D eigenvalue weighted by Crippen LogP contribution is -2.44. The van der Waals surface area contributed by atoms with Gasteiger partial charge in [-0.1, -0.05) is 19.1 Å². The van der Waals surface area contributed by atoms with Crippen molar-refractivity contribution < 1.29 is 5.11 Å². The van der Waals surface area contributed by atoms with Crippen LogP contribution in [-0.4, -0.2) is 67.5 Å². The van der Waals surface area contributed by atoms with Crippen LogP contribution in [0.3, 0.4) is 0 Å². The molecule has 1 fully saturated rings. The number of fused-ring (bicyclic) bond motifs is 2. The van der Waals surface area contributed by atoms with Crippen LogP contribution in [-0.2, 0) is 18.6 Å². The minimum Gasteiger partial charge on any atom is -0.384 e. The first-order valence-electron chi connectivity index (χ1n) is 13.5. The van der Waals surface area contributed by atoms with Crippen LogP contribution in [0, 0.1) is 0 Å². The lowest BCUT2D eigenvalue weighted by Gasteiger charge is -2.34. The summed E-state index contributed by atoms with van der Waals surface area (Å²) in [6, 6.07) is 12.1. The van der Waals surface area contributed by atoms with Crippen molar-refractivity contribution in [2.45, 2.75) is 38.3 Å². The van der Waals surface area contributed by atoms with Gasteiger partial charge in [-0.2, -0.15) is 4.98 Å². The molecule has 0 saturated carbocycles. The van der Waals surface area contributed by atoms with E-state index >= 15 is 0 Å². The van der Waals surface area contributed by atoms with Crippen molar-refractivity contribution in [3.63, 3.8) is 0 Å². The Morgan fingerprint density at radius 3 is 2.59 bits per heavy atom. The first-order valence-corrected chi connectivity index (χ1v) is 13.5. The van der Waals surface area contributed by atoms with Crippen LogP contribution in [0.2, 0.25) is 0 Å². The largest absolute Gasteiger partial charge is 0.384 e. The summed E-state index contributed by atoms with van der Waals surface area (Å²) >= 11 is 0. The highest BCUT2D eigenvalue weighted by atomic mass is 16.3. The van der Waals surface area contributed by atoms with Crippen molar-refractivity contribution in [1.82, 2.24) is 29.2 Å². The van der Waals surface area contributed by atoms with Gasteiger partial charge in [0.15, 0.2) is 11.5 Å². The van der Waals surface area contributed by atoms with E-state index in [0.717, 1.165) is 43.9 Å². The molecule has 39 heavy (non-hydrogen) atoms. The molecule has 1 aliphatic heterocycles. The molecule has 10 nitrogen and oxygen atoms in total. The number of nitrogens with one attached hydrogen (secondary N) is 1. The average molecular weight is 527 g/mol. The Balaban J connectivity index is 1.36. The summed E-state index contributed by atoms with van der Waals surface area (Å²) in [7, 11) is 2.15. The van der Waals surface area contributed by atoms with E-state index < -0.39 is 5.60 Å². The molecule has 0 amide bonds. The van der Waals surface area contributed by atoms with Crippen LogP contribution in [0.1, 0.15) is 31.0 Å². The monoisotopic (exact) mass is 526 g/mol. The number of hydrogen-bond acceptors (Lipinski definition) is 8. The quantitative estimate of drug-likeness (QED) is 0.354. The molecule has 4 aromatic rings. The maximum Gasteiger partial charge on any atom is 0.278 e. The van der Waals surface area contributed by atoms with Crippen LogP contribution in [0.5, 0.6) is 0 Å². The fourth-order valence-corrected chi connectivity index (χ4v) is 5.56. The Labute approximate surface area is 227 Å². The Morgan fingerprint density at radius 1 is 1.10 bits per heavy atom. The summed E-state index contributed by atoms with van der Waals surface area (Å²) < 4.78 is 3.26. The van der Waals surface area contributed by atoms with Crippen LogP contribution < -0.4 is 15.8 Å². The number of rotatable bonds is 7. The number of likely N-dealkylation sites (N-methyl/N-ethyl adjacent to an activating group) is 1. The SMILES string of the molecule is C=CCn1c(=O)c2cnc(Nc3ccc(N4CCN(C)CC4)cc3)nc2n1-c1ccc2c(n1)C(O)(CC)CC2. The highest BCUT2D eigenvalue weighted by Gasteiger charge is 2.37.